The second kappa shape index (κ2) is 30.4. The third-order valence-corrected chi connectivity index (χ3v) is 10.9. The fourth-order valence-electron chi connectivity index (χ4n) is 7.02. The van der Waals surface area contributed by atoms with Crippen LogP contribution in [0.15, 0.2) is 36.5 Å². The molecule has 0 radical (unpaired) electrons. The van der Waals surface area contributed by atoms with Crippen molar-refractivity contribution in [3.8, 4) is 0 Å². The van der Waals surface area contributed by atoms with Crippen molar-refractivity contribution >= 4 is 17.7 Å². The van der Waals surface area contributed by atoms with Crippen LogP contribution in [-0.4, -0.2) is 168 Å². The lowest BCUT2D eigenvalue weighted by atomic mass is 9.90. The zero-order valence-corrected chi connectivity index (χ0v) is 38.6. The van der Waals surface area contributed by atoms with Gasteiger partial charge in [-0.2, -0.15) is 0 Å². The average molecular weight is 886 g/mol. The third-order valence-electron chi connectivity index (χ3n) is 10.9. The maximum Gasteiger partial charge on any atom is 0.251 e. The Bertz CT molecular complexity index is 1350. The first-order valence-corrected chi connectivity index (χ1v) is 22.7. The van der Waals surface area contributed by atoms with Gasteiger partial charge >= 0.3 is 0 Å². The van der Waals surface area contributed by atoms with E-state index in [9.17, 15) is 55.2 Å². The Hall–Kier alpha value is -2.77. The van der Waals surface area contributed by atoms with Crippen molar-refractivity contribution < 1.29 is 64.7 Å². The first-order chi connectivity index (χ1) is 29.3. The van der Waals surface area contributed by atoms with Crippen LogP contribution in [0, 0.1) is 5.41 Å². The Morgan fingerprint density at radius 2 is 1.39 bits per heavy atom. The van der Waals surface area contributed by atoms with Gasteiger partial charge in [0.1, 0.15) is 42.7 Å². The number of amides is 3. The fraction of sp³-hybridized carbons (Fsp3) is 0.804. The van der Waals surface area contributed by atoms with Crippen LogP contribution >= 0.6 is 0 Å². The van der Waals surface area contributed by atoms with E-state index in [1.807, 2.05) is 25.7 Å². The molecule has 360 valence electrons. The van der Waals surface area contributed by atoms with E-state index in [0.29, 0.717) is 32.4 Å². The standard InChI is InChI=1S/C46H83N3O13/c1-8-10-11-12-13-14-15-16-17-18-19-20-21-22-23-25-36(54)48(29-26-46(6,7)49(35(53)9-2)32-45(3,4)5)28-24-27-47-43(60)40(58)39(57)42(33(52)30-50)62-44-41(59)38(56)37(55)34(31-51)61-44/h10-11,13-14,16-17,33-34,37-42,44,50-52,55-59H,8-9,12,15,18-32H2,1-7H3,(H,47,60)/b11-10+,14-13+,17-16-. The number of aliphatic hydroxyl groups excluding tert-OH is 8. The molecule has 1 aliphatic rings. The minimum absolute atomic E-state index is 0.0118. The molecule has 16 nitrogen and oxygen atoms in total. The molecule has 62 heavy (non-hydrogen) atoms. The molecular weight excluding hydrogens is 803 g/mol. The van der Waals surface area contributed by atoms with Crippen LogP contribution in [0.4, 0.5) is 0 Å². The molecule has 16 heteroatoms. The predicted molar refractivity (Wildman–Crippen MR) is 237 cm³/mol. The number of ether oxygens (including phenoxy) is 2. The SMILES string of the molecule is CC/C=C/C/C=C/C/C=C\CCCCCCCC(=O)N(CCCNC(=O)C(O)C(O)C(OC1OC(CO)C(O)C(O)C1O)C(O)CO)CCC(C)(C)N(CC(C)(C)C)C(=O)CC. The van der Waals surface area contributed by atoms with Crippen molar-refractivity contribution in [1.82, 2.24) is 15.1 Å². The highest BCUT2D eigenvalue weighted by Crippen LogP contribution is 2.28. The normalized spacial score (nSPS) is 22.0. The molecule has 0 aliphatic carbocycles. The lowest BCUT2D eigenvalue weighted by molar-refractivity contribution is -0.326. The van der Waals surface area contributed by atoms with Gasteiger partial charge in [-0.15, -0.1) is 0 Å². The molecule has 3 amide bonds. The van der Waals surface area contributed by atoms with Gasteiger partial charge in [0.15, 0.2) is 12.4 Å². The summed E-state index contributed by atoms with van der Waals surface area (Å²) in [5.74, 6) is -1.07. The van der Waals surface area contributed by atoms with Gasteiger partial charge in [-0.25, -0.2) is 0 Å². The van der Waals surface area contributed by atoms with E-state index in [1.54, 1.807) is 4.90 Å². The van der Waals surface area contributed by atoms with E-state index in [0.717, 1.165) is 57.8 Å². The van der Waals surface area contributed by atoms with E-state index in [-0.39, 0.29) is 36.7 Å². The molecule has 9 atom stereocenters. The van der Waals surface area contributed by atoms with Gasteiger partial charge in [0.05, 0.1) is 13.2 Å². The smallest absolute Gasteiger partial charge is 0.251 e. The van der Waals surface area contributed by atoms with E-state index in [2.05, 4.69) is 69.5 Å². The molecule has 1 heterocycles. The molecule has 1 saturated heterocycles. The number of nitrogens with zero attached hydrogens (tertiary/aromatic N) is 2. The minimum Gasteiger partial charge on any atom is -0.394 e. The van der Waals surface area contributed by atoms with E-state index in [4.69, 9.17) is 9.47 Å². The summed E-state index contributed by atoms with van der Waals surface area (Å²) >= 11 is 0. The van der Waals surface area contributed by atoms with Crippen LogP contribution < -0.4 is 5.32 Å². The van der Waals surface area contributed by atoms with E-state index < -0.39 is 79.8 Å². The summed E-state index contributed by atoms with van der Waals surface area (Å²) in [5.41, 5.74) is -0.702. The molecule has 0 aromatic heterocycles. The summed E-state index contributed by atoms with van der Waals surface area (Å²) in [6.45, 7) is 13.6. The monoisotopic (exact) mass is 886 g/mol. The fourth-order valence-corrected chi connectivity index (χ4v) is 7.02. The van der Waals surface area contributed by atoms with Gasteiger partial charge in [0.25, 0.3) is 5.91 Å². The highest BCUT2D eigenvalue weighted by atomic mass is 16.7. The quantitative estimate of drug-likeness (QED) is 0.0360. The number of allylic oxidation sites excluding steroid dienone is 6. The summed E-state index contributed by atoms with van der Waals surface area (Å²) in [4.78, 5) is 43.4. The van der Waals surface area contributed by atoms with Gasteiger partial charge < -0.3 is 65.4 Å². The molecule has 0 saturated carbocycles. The zero-order chi connectivity index (χ0) is 46.9. The number of hydrogen-bond acceptors (Lipinski definition) is 13. The molecule has 9 unspecified atom stereocenters. The summed E-state index contributed by atoms with van der Waals surface area (Å²) in [6.07, 6.45) is 6.48. The topological polar surface area (TPSA) is 250 Å². The Labute approximate surface area is 370 Å². The van der Waals surface area contributed by atoms with Crippen LogP contribution in [0.25, 0.3) is 0 Å². The first-order valence-electron chi connectivity index (χ1n) is 22.7. The Morgan fingerprint density at radius 3 is 1.98 bits per heavy atom. The number of rotatable bonds is 31. The maximum atomic E-state index is 13.7. The third kappa shape index (κ3) is 21.3. The number of hydrogen-bond donors (Lipinski definition) is 9. The second-order valence-electron chi connectivity index (χ2n) is 18.1. The van der Waals surface area contributed by atoms with Crippen LogP contribution in [0.3, 0.4) is 0 Å². The maximum absolute atomic E-state index is 13.7. The van der Waals surface area contributed by atoms with Crippen molar-refractivity contribution in [2.75, 3.05) is 39.4 Å². The second-order valence-corrected chi connectivity index (χ2v) is 18.1. The number of unbranched alkanes of at least 4 members (excludes halogenated alkanes) is 5. The lowest BCUT2D eigenvalue weighted by Gasteiger charge is -2.43. The molecule has 0 spiro atoms. The van der Waals surface area contributed by atoms with Crippen molar-refractivity contribution in [3.63, 3.8) is 0 Å². The summed E-state index contributed by atoms with van der Waals surface area (Å²) in [5, 5.41) is 84.1. The van der Waals surface area contributed by atoms with Crippen LogP contribution in [-0.2, 0) is 23.9 Å². The molecule has 1 rings (SSSR count). The molecule has 1 fully saturated rings. The Morgan fingerprint density at radius 1 is 0.774 bits per heavy atom. The number of carbonyl (C=O) groups is 3. The number of carbonyl (C=O) groups excluding carboxylic acids is 3. The van der Waals surface area contributed by atoms with E-state index >= 15 is 0 Å². The van der Waals surface area contributed by atoms with Crippen molar-refractivity contribution in [2.24, 2.45) is 5.41 Å². The Balaban J connectivity index is 2.88. The highest BCUT2D eigenvalue weighted by Gasteiger charge is 2.47. The number of aliphatic hydroxyl groups is 8. The van der Waals surface area contributed by atoms with Crippen LogP contribution in [0.5, 0.6) is 0 Å². The highest BCUT2D eigenvalue weighted by molar-refractivity contribution is 5.81. The van der Waals surface area contributed by atoms with Crippen LogP contribution in [0.1, 0.15) is 132 Å². The number of nitrogens with one attached hydrogen (secondary N) is 1. The summed E-state index contributed by atoms with van der Waals surface area (Å²) < 4.78 is 10.7. The lowest BCUT2D eigenvalue weighted by Crippen LogP contribution is -2.62. The minimum atomic E-state index is -2.20. The average Bonchev–Trinajstić information content (AvgIpc) is 3.23. The molecule has 0 aromatic carbocycles. The van der Waals surface area contributed by atoms with Gasteiger partial charge in [-0.05, 0) is 70.6 Å². The van der Waals surface area contributed by atoms with E-state index in [1.165, 1.54) is 0 Å². The largest absolute Gasteiger partial charge is 0.394 e. The van der Waals surface area contributed by atoms with Gasteiger partial charge in [0.2, 0.25) is 11.8 Å². The summed E-state index contributed by atoms with van der Waals surface area (Å²) in [6, 6.07) is 0. The van der Waals surface area contributed by atoms with Crippen molar-refractivity contribution in [2.45, 2.75) is 193 Å². The Kier molecular flexibility index (Phi) is 28.1. The molecular formula is C46H83N3O13. The summed E-state index contributed by atoms with van der Waals surface area (Å²) in [7, 11) is 0. The van der Waals surface area contributed by atoms with Gasteiger partial charge in [-0.3, -0.25) is 14.4 Å². The van der Waals surface area contributed by atoms with Crippen molar-refractivity contribution in [3.05, 3.63) is 36.5 Å². The predicted octanol–water partition coefficient (Wildman–Crippen LogP) is 2.62. The molecule has 0 aromatic rings. The first kappa shape index (κ1) is 57.2. The molecule has 1 aliphatic heterocycles. The molecule has 9 N–H and O–H groups in total. The van der Waals surface area contributed by atoms with Gasteiger partial charge in [0, 0.05) is 44.6 Å². The molecule has 0 bridgehead atoms. The van der Waals surface area contributed by atoms with Crippen molar-refractivity contribution in [1.29, 1.82) is 0 Å². The van der Waals surface area contributed by atoms with Gasteiger partial charge in [-0.1, -0.05) is 90.3 Å². The zero-order valence-electron chi connectivity index (χ0n) is 38.6. The van der Waals surface area contributed by atoms with Crippen LogP contribution in [0.2, 0.25) is 0 Å².